The Morgan fingerprint density at radius 3 is 2.71 bits per heavy atom. The van der Waals surface area contributed by atoms with E-state index in [1.807, 2.05) is 13.0 Å². The summed E-state index contributed by atoms with van der Waals surface area (Å²) in [5.74, 6) is 0. The summed E-state index contributed by atoms with van der Waals surface area (Å²) in [6, 6.07) is 7.09. The maximum absolute atomic E-state index is 12.2. The van der Waals surface area contributed by atoms with E-state index in [1.54, 1.807) is 31.4 Å². The van der Waals surface area contributed by atoms with Gasteiger partial charge in [-0.3, -0.25) is 0 Å². The Kier molecular flexibility index (Phi) is 5.16. The molecule has 0 radical (unpaired) electrons. The lowest BCUT2D eigenvalue weighted by atomic mass is 10.2. The van der Waals surface area contributed by atoms with Gasteiger partial charge in [-0.2, -0.15) is 4.31 Å². The van der Waals surface area contributed by atoms with E-state index in [2.05, 4.69) is 4.98 Å². The minimum absolute atomic E-state index is 0.306. The first kappa shape index (κ1) is 16.2. The van der Waals surface area contributed by atoms with Gasteiger partial charge in [0.2, 0.25) is 10.0 Å². The number of sulfonamides is 1. The summed E-state index contributed by atoms with van der Waals surface area (Å²) in [7, 11) is -1.95. The number of hydrogen-bond donors (Lipinski definition) is 0. The molecule has 1 heterocycles. The van der Waals surface area contributed by atoms with Gasteiger partial charge in [0.1, 0.15) is 0 Å². The van der Waals surface area contributed by atoms with Crippen molar-refractivity contribution in [3.05, 3.63) is 56.3 Å². The second-order valence-corrected chi connectivity index (χ2v) is 8.12. The summed E-state index contributed by atoms with van der Waals surface area (Å²) in [5.41, 5.74) is 0.671. The van der Waals surface area contributed by atoms with Crippen molar-refractivity contribution in [1.82, 2.24) is 9.29 Å². The monoisotopic (exact) mass is 342 g/mol. The summed E-state index contributed by atoms with van der Waals surface area (Å²) in [6.07, 6.45) is 3.20. The van der Waals surface area contributed by atoms with Crippen molar-refractivity contribution in [1.29, 1.82) is 0 Å². The third-order valence-corrected chi connectivity index (χ3v) is 5.53. The number of thiazole rings is 1. The average molecular weight is 343 g/mol. The molecule has 1 aromatic carbocycles. The van der Waals surface area contributed by atoms with Crippen LogP contribution in [0, 0.1) is 6.92 Å². The molecule has 0 aliphatic carbocycles. The Bertz CT molecular complexity index is 754. The molecule has 0 fully saturated rings. The molecule has 0 amide bonds. The number of benzene rings is 1. The van der Waals surface area contributed by atoms with Gasteiger partial charge in [0, 0.05) is 35.1 Å². The van der Waals surface area contributed by atoms with Gasteiger partial charge in [0.15, 0.2) is 0 Å². The van der Waals surface area contributed by atoms with Crippen molar-refractivity contribution in [2.75, 3.05) is 7.05 Å². The number of hydrogen-bond acceptors (Lipinski definition) is 4. The Balaban J connectivity index is 2.12. The molecule has 7 heteroatoms. The van der Waals surface area contributed by atoms with Gasteiger partial charge in [0.05, 0.1) is 5.01 Å². The summed E-state index contributed by atoms with van der Waals surface area (Å²) in [5, 5.41) is 2.61. The predicted molar refractivity (Wildman–Crippen MR) is 87.7 cm³/mol. The highest BCUT2D eigenvalue weighted by atomic mass is 35.5. The van der Waals surface area contributed by atoms with E-state index in [4.69, 9.17) is 11.6 Å². The summed E-state index contributed by atoms with van der Waals surface area (Å²) in [6.45, 7) is 2.20. The lowest BCUT2D eigenvalue weighted by Crippen LogP contribution is -2.23. The Morgan fingerprint density at radius 1 is 1.38 bits per heavy atom. The van der Waals surface area contributed by atoms with Crippen LogP contribution in [0.2, 0.25) is 5.02 Å². The van der Waals surface area contributed by atoms with Crippen LogP contribution < -0.4 is 0 Å². The molecule has 0 N–H and O–H groups in total. The summed E-state index contributed by atoms with van der Waals surface area (Å²) < 4.78 is 25.7. The Morgan fingerprint density at radius 2 is 2.10 bits per heavy atom. The highest BCUT2D eigenvalue weighted by Gasteiger charge is 2.15. The van der Waals surface area contributed by atoms with Gasteiger partial charge in [-0.1, -0.05) is 29.8 Å². The maximum atomic E-state index is 12.2. The first-order chi connectivity index (χ1) is 9.88. The molecule has 0 aliphatic rings. The van der Waals surface area contributed by atoms with E-state index in [1.165, 1.54) is 27.1 Å². The van der Waals surface area contributed by atoms with Crippen LogP contribution in [0.4, 0.5) is 0 Å². The van der Waals surface area contributed by atoms with E-state index in [9.17, 15) is 8.42 Å². The van der Waals surface area contributed by atoms with Crippen LogP contribution in [-0.2, 0) is 16.6 Å². The van der Waals surface area contributed by atoms with Crippen molar-refractivity contribution in [2.45, 2.75) is 13.5 Å². The van der Waals surface area contributed by atoms with Gasteiger partial charge >= 0.3 is 0 Å². The zero-order valence-electron chi connectivity index (χ0n) is 11.7. The maximum Gasteiger partial charge on any atom is 0.236 e. The van der Waals surface area contributed by atoms with E-state index in [0.717, 1.165) is 9.88 Å². The number of nitrogens with zero attached hydrogens (tertiary/aromatic N) is 2. The molecule has 2 rings (SSSR count). The third-order valence-electron chi connectivity index (χ3n) is 2.81. The van der Waals surface area contributed by atoms with Gasteiger partial charge in [0.25, 0.3) is 0 Å². The number of halogens is 1. The molecule has 0 saturated heterocycles. The van der Waals surface area contributed by atoms with Crippen molar-refractivity contribution in [2.24, 2.45) is 0 Å². The zero-order valence-corrected chi connectivity index (χ0v) is 14.0. The molecule has 0 atom stereocenters. The second-order valence-electron chi connectivity index (χ2n) is 4.47. The molecular formula is C14H15ClN2O2S2. The lowest BCUT2D eigenvalue weighted by Gasteiger charge is -2.13. The number of rotatable bonds is 5. The minimum Gasteiger partial charge on any atom is -0.250 e. The van der Waals surface area contributed by atoms with Crippen LogP contribution in [-0.4, -0.2) is 24.8 Å². The van der Waals surface area contributed by atoms with Crippen molar-refractivity contribution < 1.29 is 8.42 Å². The predicted octanol–water partition coefficient (Wildman–Crippen LogP) is 3.54. The molecule has 1 aromatic heterocycles. The summed E-state index contributed by atoms with van der Waals surface area (Å²) in [4.78, 5) is 5.03. The standard InChI is InChI=1S/C14H15ClN2O2S2/c1-11-16-9-13(20-11)10-17(2)21(18,19)8-7-12-5-3-4-6-14(12)15/h3-9H,10H2,1-2H3/b8-7-. The van der Waals surface area contributed by atoms with Crippen LogP contribution in [0.3, 0.4) is 0 Å². The Hall–Kier alpha value is -1.21. The van der Waals surface area contributed by atoms with Crippen LogP contribution in [0.15, 0.2) is 35.9 Å². The molecule has 0 unspecified atom stereocenters. The topological polar surface area (TPSA) is 50.3 Å². The fraction of sp³-hybridized carbons (Fsp3) is 0.214. The normalized spacial score (nSPS) is 12.4. The minimum atomic E-state index is -3.49. The Labute approximate surface area is 133 Å². The lowest BCUT2D eigenvalue weighted by molar-refractivity contribution is 0.478. The van der Waals surface area contributed by atoms with Gasteiger partial charge in [-0.15, -0.1) is 11.3 Å². The number of aromatic nitrogens is 1. The smallest absolute Gasteiger partial charge is 0.236 e. The highest BCUT2D eigenvalue weighted by molar-refractivity contribution is 7.92. The van der Waals surface area contributed by atoms with Crippen LogP contribution in [0.1, 0.15) is 15.4 Å². The van der Waals surface area contributed by atoms with Crippen LogP contribution in [0.5, 0.6) is 0 Å². The van der Waals surface area contributed by atoms with E-state index in [-0.39, 0.29) is 0 Å². The molecule has 21 heavy (non-hydrogen) atoms. The van der Waals surface area contributed by atoms with Crippen LogP contribution in [0.25, 0.3) is 6.08 Å². The van der Waals surface area contributed by atoms with Crippen LogP contribution >= 0.6 is 22.9 Å². The van der Waals surface area contributed by atoms with Gasteiger partial charge in [-0.05, 0) is 24.6 Å². The van der Waals surface area contributed by atoms with Crippen molar-refractivity contribution in [3.63, 3.8) is 0 Å². The fourth-order valence-corrected chi connectivity index (χ4v) is 3.64. The molecule has 0 aliphatic heterocycles. The number of aryl methyl sites for hydroxylation is 1. The average Bonchev–Trinajstić information content (AvgIpc) is 2.83. The zero-order chi connectivity index (χ0) is 15.5. The third kappa shape index (κ3) is 4.38. The van der Waals surface area contributed by atoms with E-state index in [0.29, 0.717) is 17.1 Å². The van der Waals surface area contributed by atoms with Crippen molar-refractivity contribution >= 4 is 39.0 Å². The van der Waals surface area contributed by atoms with Gasteiger partial charge < -0.3 is 0 Å². The largest absolute Gasteiger partial charge is 0.250 e. The van der Waals surface area contributed by atoms with E-state index >= 15 is 0 Å². The molecule has 4 nitrogen and oxygen atoms in total. The summed E-state index contributed by atoms with van der Waals surface area (Å²) >= 11 is 7.49. The molecule has 112 valence electrons. The van der Waals surface area contributed by atoms with Crippen molar-refractivity contribution in [3.8, 4) is 0 Å². The quantitative estimate of drug-likeness (QED) is 0.835. The first-order valence-corrected chi connectivity index (χ1v) is 8.88. The van der Waals surface area contributed by atoms with E-state index < -0.39 is 10.0 Å². The highest BCUT2D eigenvalue weighted by Crippen LogP contribution is 2.19. The second kappa shape index (κ2) is 6.70. The molecule has 2 aromatic rings. The van der Waals surface area contributed by atoms with Gasteiger partial charge in [-0.25, -0.2) is 13.4 Å². The molecule has 0 bridgehead atoms. The SMILES string of the molecule is Cc1ncc(CN(C)S(=O)(=O)/C=C\c2ccccc2Cl)s1. The molecule has 0 saturated carbocycles. The first-order valence-electron chi connectivity index (χ1n) is 6.19. The molecule has 0 spiro atoms. The fourth-order valence-electron chi connectivity index (χ4n) is 1.66. The molecular weight excluding hydrogens is 328 g/mol.